The summed E-state index contributed by atoms with van der Waals surface area (Å²) in [6.45, 7) is 4.60. The van der Waals surface area contributed by atoms with Gasteiger partial charge in [0.2, 0.25) is 5.91 Å². The van der Waals surface area contributed by atoms with Gasteiger partial charge >= 0.3 is 5.69 Å². The number of H-pyrrole nitrogens is 1. The highest BCUT2D eigenvalue weighted by molar-refractivity contribution is 5.95. The summed E-state index contributed by atoms with van der Waals surface area (Å²) in [5.41, 5.74) is 8.88. The van der Waals surface area contributed by atoms with Crippen LogP contribution in [0.25, 0.3) is 0 Å². The zero-order valence-electron chi connectivity index (χ0n) is 20.5. The minimum Gasteiger partial charge on any atom is -0.383 e. The maximum Gasteiger partial charge on any atom is 0.330 e. The van der Waals surface area contributed by atoms with Gasteiger partial charge in [0.05, 0.1) is 19.7 Å². The number of carbonyl (C=O) groups is 1. The molecule has 4 N–H and O–H groups in total. The number of aryl methyl sites for hydroxylation is 2. The number of hydrogen-bond donors (Lipinski definition) is 3. The number of nitrogens with one attached hydrogen (secondary N) is 2. The van der Waals surface area contributed by atoms with Gasteiger partial charge in [-0.25, -0.2) is 4.79 Å². The van der Waals surface area contributed by atoms with E-state index in [0.29, 0.717) is 0 Å². The maximum absolute atomic E-state index is 13.3. The van der Waals surface area contributed by atoms with Crippen molar-refractivity contribution in [2.24, 2.45) is 0 Å². The molecule has 0 saturated heterocycles. The monoisotopic (exact) mass is 479 g/mol. The van der Waals surface area contributed by atoms with Crippen molar-refractivity contribution in [2.75, 3.05) is 36.2 Å². The molecule has 0 aliphatic heterocycles. The highest BCUT2D eigenvalue weighted by Crippen LogP contribution is 2.24. The van der Waals surface area contributed by atoms with E-state index in [0.717, 1.165) is 35.2 Å². The van der Waals surface area contributed by atoms with Crippen LogP contribution in [0.1, 0.15) is 30.5 Å². The molecule has 0 bridgehead atoms. The first-order valence-electron chi connectivity index (χ1n) is 11.7. The SMILES string of the molecule is CCc1cccc(CC)c1NC(=O)CN(Cc1ccccc1)c1c(N)n(CCOC)c(=O)[nH]c1=O. The lowest BCUT2D eigenvalue weighted by atomic mass is 10.0. The van der Waals surface area contributed by atoms with E-state index in [1.54, 1.807) is 4.90 Å². The van der Waals surface area contributed by atoms with E-state index in [2.05, 4.69) is 10.3 Å². The first-order valence-corrected chi connectivity index (χ1v) is 11.7. The summed E-state index contributed by atoms with van der Waals surface area (Å²) in [5, 5.41) is 3.04. The molecule has 3 aromatic rings. The molecule has 3 rings (SSSR count). The molecule has 0 saturated carbocycles. The molecule has 0 radical (unpaired) electrons. The quantitative estimate of drug-likeness (QED) is 0.388. The van der Waals surface area contributed by atoms with Gasteiger partial charge in [-0.15, -0.1) is 0 Å². The third kappa shape index (κ3) is 6.19. The largest absolute Gasteiger partial charge is 0.383 e. The molecule has 35 heavy (non-hydrogen) atoms. The molecule has 1 heterocycles. The van der Waals surface area contributed by atoms with Crippen LogP contribution in [-0.2, 0) is 35.5 Å². The fraction of sp³-hybridized carbons (Fsp3) is 0.346. The zero-order valence-corrected chi connectivity index (χ0v) is 20.5. The summed E-state index contributed by atoms with van der Waals surface area (Å²) in [7, 11) is 1.51. The molecule has 9 heteroatoms. The van der Waals surface area contributed by atoms with Crippen LogP contribution in [0.5, 0.6) is 0 Å². The number of aromatic amines is 1. The van der Waals surface area contributed by atoms with Gasteiger partial charge in [-0.3, -0.25) is 19.1 Å². The Kier molecular flexibility index (Phi) is 8.86. The number of para-hydroxylation sites is 1. The fourth-order valence-corrected chi connectivity index (χ4v) is 4.06. The lowest BCUT2D eigenvalue weighted by Crippen LogP contribution is -2.41. The molecule has 1 amide bonds. The lowest BCUT2D eigenvalue weighted by molar-refractivity contribution is -0.115. The Morgan fingerprint density at radius 3 is 2.31 bits per heavy atom. The van der Waals surface area contributed by atoms with E-state index in [4.69, 9.17) is 10.5 Å². The van der Waals surface area contributed by atoms with Crippen LogP contribution in [0.3, 0.4) is 0 Å². The van der Waals surface area contributed by atoms with E-state index < -0.39 is 11.2 Å². The van der Waals surface area contributed by atoms with E-state index in [-0.39, 0.29) is 43.7 Å². The van der Waals surface area contributed by atoms with E-state index >= 15 is 0 Å². The van der Waals surface area contributed by atoms with E-state index in [9.17, 15) is 14.4 Å². The fourth-order valence-electron chi connectivity index (χ4n) is 4.06. The predicted molar refractivity (Wildman–Crippen MR) is 139 cm³/mol. The smallest absolute Gasteiger partial charge is 0.330 e. The van der Waals surface area contributed by atoms with Gasteiger partial charge in [0.25, 0.3) is 5.56 Å². The number of methoxy groups -OCH3 is 1. The molecule has 0 atom stereocenters. The van der Waals surface area contributed by atoms with Gasteiger partial charge in [-0.1, -0.05) is 62.4 Å². The van der Waals surface area contributed by atoms with Crippen molar-refractivity contribution in [1.82, 2.24) is 9.55 Å². The summed E-state index contributed by atoms with van der Waals surface area (Å²) in [6.07, 6.45) is 1.54. The molecule has 2 aromatic carbocycles. The van der Waals surface area contributed by atoms with Gasteiger partial charge in [0, 0.05) is 19.3 Å². The number of benzene rings is 2. The van der Waals surface area contributed by atoms with Crippen LogP contribution in [0.15, 0.2) is 58.1 Å². The summed E-state index contributed by atoms with van der Waals surface area (Å²) < 4.78 is 6.32. The van der Waals surface area contributed by atoms with Crippen LogP contribution in [-0.4, -0.2) is 35.7 Å². The number of rotatable bonds is 11. The Morgan fingerprint density at radius 1 is 1.06 bits per heavy atom. The molecule has 9 nitrogen and oxygen atoms in total. The van der Waals surface area contributed by atoms with Gasteiger partial charge in [-0.05, 0) is 29.5 Å². The number of carbonyl (C=O) groups excluding carboxylic acids is 1. The third-order valence-electron chi connectivity index (χ3n) is 5.86. The lowest BCUT2D eigenvalue weighted by Gasteiger charge is -2.26. The first-order chi connectivity index (χ1) is 16.9. The molecule has 0 spiro atoms. The van der Waals surface area contributed by atoms with Crippen molar-refractivity contribution in [3.05, 3.63) is 86.1 Å². The predicted octanol–water partition coefficient (Wildman–Crippen LogP) is 2.54. The van der Waals surface area contributed by atoms with Gasteiger partial charge < -0.3 is 20.7 Å². The van der Waals surface area contributed by atoms with E-state index in [1.807, 2.05) is 62.4 Å². The molecule has 0 aliphatic carbocycles. The number of anilines is 3. The van der Waals surface area contributed by atoms with Crippen molar-refractivity contribution in [3.63, 3.8) is 0 Å². The Labute approximate surface area is 204 Å². The first kappa shape index (κ1) is 25.8. The number of nitrogens with two attached hydrogens (primary N) is 1. The third-order valence-corrected chi connectivity index (χ3v) is 5.86. The minimum atomic E-state index is -0.645. The van der Waals surface area contributed by atoms with Gasteiger partial charge in [0.15, 0.2) is 0 Å². The van der Waals surface area contributed by atoms with E-state index in [1.165, 1.54) is 11.7 Å². The number of ether oxygens (including phenoxy) is 1. The highest BCUT2D eigenvalue weighted by Gasteiger charge is 2.22. The number of hydrogen-bond acceptors (Lipinski definition) is 6. The van der Waals surface area contributed by atoms with Crippen LogP contribution >= 0.6 is 0 Å². The summed E-state index contributed by atoms with van der Waals surface area (Å²) in [4.78, 5) is 42.5. The number of nitrogen functional groups attached to an aromatic ring is 1. The van der Waals surface area contributed by atoms with Crippen LogP contribution in [0, 0.1) is 0 Å². The molecule has 1 aromatic heterocycles. The summed E-state index contributed by atoms with van der Waals surface area (Å²) in [6, 6.07) is 15.4. The van der Waals surface area contributed by atoms with Crippen LogP contribution in [0.2, 0.25) is 0 Å². The van der Waals surface area contributed by atoms with Crippen LogP contribution in [0.4, 0.5) is 17.2 Å². The Morgan fingerprint density at radius 2 is 1.71 bits per heavy atom. The molecule has 0 aliphatic rings. The normalized spacial score (nSPS) is 10.8. The van der Waals surface area contributed by atoms with Crippen molar-refractivity contribution in [2.45, 2.75) is 39.8 Å². The molecule has 0 unspecified atom stereocenters. The van der Waals surface area contributed by atoms with Crippen molar-refractivity contribution in [3.8, 4) is 0 Å². The van der Waals surface area contributed by atoms with Gasteiger partial charge in [-0.2, -0.15) is 0 Å². The average molecular weight is 480 g/mol. The average Bonchev–Trinajstić information content (AvgIpc) is 2.84. The number of nitrogens with zero attached hydrogens (tertiary/aromatic N) is 2. The topological polar surface area (TPSA) is 122 Å². The summed E-state index contributed by atoms with van der Waals surface area (Å²) in [5.74, 6) is -0.298. The second-order valence-corrected chi connectivity index (χ2v) is 8.19. The molecular formula is C26H33N5O4. The van der Waals surface area contributed by atoms with Gasteiger partial charge in [0.1, 0.15) is 11.5 Å². The van der Waals surface area contributed by atoms with Crippen molar-refractivity contribution < 1.29 is 9.53 Å². The van der Waals surface area contributed by atoms with Crippen molar-refractivity contribution >= 4 is 23.1 Å². The minimum absolute atomic E-state index is 0.0114. The number of aromatic nitrogens is 2. The molecule has 186 valence electrons. The Balaban J connectivity index is 2.00. The Bertz CT molecular complexity index is 1240. The second kappa shape index (κ2) is 12.0. The maximum atomic E-state index is 13.3. The number of amides is 1. The standard InChI is InChI=1S/C26H33N5O4/c1-4-19-12-9-13-20(5-2)22(19)28-21(32)17-30(16-18-10-7-6-8-11-18)23-24(27)31(14-15-35-3)26(34)29-25(23)33/h6-13H,4-5,14-17,27H2,1-3H3,(H,28,32)(H,29,33,34). The Hall–Kier alpha value is -3.85. The highest BCUT2D eigenvalue weighted by atomic mass is 16.5. The van der Waals surface area contributed by atoms with Crippen molar-refractivity contribution in [1.29, 1.82) is 0 Å². The summed E-state index contributed by atoms with van der Waals surface area (Å²) >= 11 is 0. The zero-order chi connectivity index (χ0) is 25.4. The molecular weight excluding hydrogens is 446 g/mol. The molecule has 0 fully saturated rings. The second-order valence-electron chi connectivity index (χ2n) is 8.19. The van der Waals surface area contributed by atoms with Crippen LogP contribution < -0.4 is 27.2 Å².